The average molecular weight is 272 g/mol. The second-order valence-corrected chi connectivity index (χ2v) is 4.95. The highest BCUT2D eigenvalue weighted by molar-refractivity contribution is 6.31. The van der Waals surface area contributed by atoms with Crippen LogP contribution in [0.1, 0.15) is 12.5 Å². The lowest BCUT2D eigenvalue weighted by Crippen LogP contribution is -2.20. The number of benzene rings is 2. The number of benzodiazepines with no additional fused rings is 1. The summed E-state index contributed by atoms with van der Waals surface area (Å²) in [5, 5.41) is 0.684. The van der Waals surface area contributed by atoms with Gasteiger partial charge in [0.1, 0.15) is 0 Å². The van der Waals surface area contributed by atoms with Gasteiger partial charge in [0.25, 0.3) is 0 Å². The Labute approximate surface area is 119 Å². The lowest BCUT2D eigenvalue weighted by Gasteiger charge is -2.19. The van der Waals surface area contributed by atoms with Gasteiger partial charge in [0.15, 0.2) is 0 Å². The SMILES string of the molecule is [2H]C1CN=C(c2ccccc2)c2cc(Cl)ccc2N1C. The first-order chi connectivity index (χ1) is 9.66. The van der Waals surface area contributed by atoms with E-state index in [2.05, 4.69) is 4.99 Å². The number of hydrogen-bond donors (Lipinski definition) is 0. The Hall–Kier alpha value is -1.80. The molecule has 0 bridgehead atoms. The fourth-order valence-electron chi connectivity index (χ4n) is 2.29. The highest BCUT2D eigenvalue weighted by Gasteiger charge is 2.17. The second-order valence-electron chi connectivity index (χ2n) is 4.51. The summed E-state index contributed by atoms with van der Waals surface area (Å²) in [6.45, 7) is 0.0728. The Kier molecular flexibility index (Phi) is 2.95. The third kappa shape index (κ3) is 2.36. The summed E-state index contributed by atoms with van der Waals surface area (Å²) < 4.78 is 8.14. The van der Waals surface area contributed by atoms with Crippen LogP contribution in [-0.2, 0) is 0 Å². The number of anilines is 1. The largest absolute Gasteiger partial charge is 0.372 e. The molecule has 0 spiro atoms. The van der Waals surface area contributed by atoms with Crippen molar-refractivity contribution in [3.63, 3.8) is 0 Å². The van der Waals surface area contributed by atoms with Crippen LogP contribution in [-0.4, -0.2) is 25.8 Å². The van der Waals surface area contributed by atoms with Gasteiger partial charge in [0, 0.05) is 35.4 Å². The molecule has 1 unspecified atom stereocenters. The van der Waals surface area contributed by atoms with Crippen molar-refractivity contribution in [1.82, 2.24) is 0 Å². The summed E-state index contributed by atoms with van der Waals surface area (Å²) in [6, 6.07) is 15.8. The predicted octanol–water partition coefficient (Wildman–Crippen LogP) is 3.63. The van der Waals surface area contributed by atoms with E-state index in [1.165, 1.54) is 0 Å². The van der Waals surface area contributed by atoms with Crippen LogP contribution in [0.4, 0.5) is 5.69 Å². The maximum atomic E-state index is 8.14. The van der Waals surface area contributed by atoms with Crippen molar-refractivity contribution in [2.75, 3.05) is 25.0 Å². The van der Waals surface area contributed by atoms with Crippen molar-refractivity contribution in [2.24, 2.45) is 4.99 Å². The first kappa shape index (κ1) is 11.1. The van der Waals surface area contributed by atoms with Gasteiger partial charge in [0.05, 0.1) is 13.6 Å². The Bertz CT molecular complexity index is 655. The highest BCUT2D eigenvalue weighted by atomic mass is 35.5. The molecule has 2 aromatic carbocycles. The third-order valence-corrected chi connectivity index (χ3v) is 3.48. The standard InChI is InChI=1S/C16H15ClN2/c1-19-10-9-18-16(12-5-3-2-4-6-12)14-11-13(17)7-8-15(14)19/h2-8,11H,9-10H2,1H3/i10D. The van der Waals surface area contributed by atoms with E-state index < -0.39 is 0 Å². The number of rotatable bonds is 1. The second kappa shape index (κ2) is 5.06. The van der Waals surface area contributed by atoms with Crippen LogP contribution in [0.5, 0.6) is 0 Å². The van der Waals surface area contributed by atoms with E-state index in [1.54, 1.807) is 0 Å². The molecule has 3 heteroatoms. The molecular formula is C16H15ClN2. The maximum absolute atomic E-state index is 8.14. The molecule has 1 heterocycles. The molecule has 19 heavy (non-hydrogen) atoms. The monoisotopic (exact) mass is 271 g/mol. The fourth-order valence-corrected chi connectivity index (χ4v) is 2.46. The Morgan fingerprint density at radius 1 is 1.21 bits per heavy atom. The van der Waals surface area contributed by atoms with Crippen molar-refractivity contribution < 1.29 is 1.37 Å². The van der Waals surface area contributed by atoms with Crippen LogP contribution in [0, 0.1) is 0 Å². The molecule has 0 fully saturated rings. The molecule has 2 nitrogen and oxygen atoms in total. The Morgan fingerprint density at radius 2 is 2.00 bits per heavy atom. The zero-order valence-corrected chi connectivity index (χ0v) is 11.4. The van der Waals surface area contributed by atoms with Gasteiger partial charge in [-0.3, -0.25) is 4.99 Å². The summed E-state index contributed by atoms with van der Waals surface area (Å²) in [5.74, 6) is 0. The smallest absolute Gasteiger partial charge is 0.0741 e. The van der Waals surface area contributed by atoms with E-state index in [9.17, 15) is 0 Å². The van der Waals surface area contributed by atoms with Gasteiger partial charge in [-0.15, -0.1) is 0 Å². The molecule has 1 aliphatic heterocycles. The molecule has 2 aromatic rings. The van der Waals surface area contributed by atoms with Crippen LogP contribution < -0.4 is 4.90 Å². The van der Waals surface area contributed by atoms with Gasteiger partial charge in [-0.25, -0.2) is 0 Å². The minimum Gasteiger partial charge on any atom is -0.372 e. The van der Waals surface area contributed by atoms with E-state index in [0.717, 1.165) is 22.5 Å². The minimum absolute atomic E-state index is 0.379. The Morgan fingerprint density at radius 3 is 2.79 bits per heavy atom. The van der Waals surface area contributed by atoms with Crippen molar-refractivity contribution in [3.05, 3.63) is 64.7 Å². The van der Waals surface area contributed by atoms with Gasteiger partial charge in [-0.2, -0.15) is 0 Å². The molecule has 0 saturated carbocycles. The number of likely N-dealkylation sites (N-methyl/N-ethyl adjacent to an activating group) is 1. The van der Waals surface area contributed by atoms with E-state index in [1.807, 2.05) is 60.5 Å². The highest BCUT2D eigenvalue weighted by Crippen LogP contribution is 2.28. The van der Waals surface area contributed by atoms with Crippen LogP contribution in [0.3, 0.4) is 0 Å². The number of nitrogens with zero attached hydrogens (tertiary/aromatic N) is 2. The molecule has 1 atom stereocenters. The first-order valence-electron chi connectivity index (χ1n) is 6.79. The summed E-state index contributed by atoms with van der Waals surface area (Å²) >= 11 is 6.15. The molecule has 0 saturated heterocycles. The van der Waals surface area contributed by atoms with E-state index in [0.29, 0.717) is 11.6 Å². The average Bonchev–Trinajstić information content (AvgIpc) is 2.58. The van der Waals surface area contributed by atoms with Gasteiger partial charge in [-0.05, 0) is 18.2 Å². The number of fused-ring (bicyclic) bond motifs is 1. The number of hydrogen-bond acceptors (Lipinski definition) is 2. The van der Waals surface area contributed by atoms with Gasteiger partial charge in [0.2, 0.25) is 0 Å². The van der Waals surface area contributed by atoms with Crippen LogP contribution in [0.15, 0.2) is 53.5 Å². The van der Waals surface area contributed by atoms with Crippen LogP contribution >= 0.6 is 11.6 Å². The predicted molar refractivity (Wildman–Crippen MR) is 81.7 cm³/mol. The van der Waals surface area contributed by atoms with E-state index in [4.69, 9.17) is 13.0 Å². The summed E-state index contributed by atoms with van der Waals surface area (Å²) in [7, 11) is 1.92. The van der Waals surface area contributed by atoms with Crippen molar-refractivity contribution in [3.8, 4) is 0 Å². The quantitative estimate of drug-likeness (QED) is 0.773. The van der Waals surface area contributed by atoms with Crippen molar-refractivity contribution in [2.45, 2.75) is 0 Å². The topological polar surface area (TPSA) is 15.6 Å². The molecule has 0 amide bonds. The zero-order valence-electron chi connectivity index (χ0n) is 11.7. The fraction of sp³-hybridized carbons (Fsp3) is 0.188. The molecule has 0 aromatic heterocycles. The summed E-state index contributed by atoms with van der Waals surface area (Å²) in [5.41, 5.74) is 3.94. The first-order valence-corrected chi connectivity index (χ1v) is 6.59. The van der Waals surface area contributed by atoms with Crippen LogP contribution in [0.25, 0.3) is 0 Å². The molecule has 0 aliphatic carbocycles. The molecule has 3 rings (SSSR count). The lowest BCUT2D eigenvalue weighted by atomic mass is 10.0. The molecule has 0 radical (unpaired) electrons. The normalized spacial score (nSPS) is 19.3. The van der Waals surface area contributed by atoms with Gasteiger partial charge < -0.3 is 4.90 Å². The van der Waals surface area contributed by atoms with Crippen LogP contribution in [0.2, 0.25) is 5.02 Å². The summed E-state index contributed by atoms with van der Waals surface area (Å²) in [6.07, 6.45) is 0. The van der Waals surface area contributed by atoms with E-state index >= 15 is 0 Å². The lowest BCUT2D eigenvalue weighted by molar-refractivity contribution is 0.896. The van der Waals surface area contributed by atoms with E-state index in [-0.39, 0.29) is 6.52 Å². The van der Waals surface area contributed by atoms with Crippen molar-refractivity contribution in [1.29, 1.82) is 0 Å². The van der Waals surface area contributed by atoms with Gasteiger partial charge >= 0.3 is 0 Å². The maximum Gasteiger partial charge on any atom is 0.0741 e. The summed E-state index contributed by atoms with van der Waals surface area (Å²) in [4.78, 5) is 6.57. The molecule has 96 valence electrons. The number of aliphatic imine (C=N–C) groups is 1. The van der Waals surface area contributed by atoms with Crippen molar-refractivity contribution >= 4 is 23.0 Å². The Balaban J connectivity index is 2.20. The molecule has 1 aliphatic rings. The van der Waals surface area contributed by atoms with Gasteiger partial charge in [-0.1, -0.05) is 41.9 Å². The molecular weight excluding hydrogens is 256 g/mol. The minimum atomic E-state index is -0.379. The zero-order chi connectivity index (χ0) is 14.1. The number of halogens is 1. The molecule has 0 N–H and O–H groups in total. The third-order valence-electron chi connectivity index (χ3n) is 3.25.